The molecule has 2 heterocycles. The van der Waals surface area contributed by atoms with Crippen molar-refractivity contribution in [2.24, 2.45) is 5.92 Å². The van der Waals surface area contributed by atoms with Crippen LogP contribution >= 0.6 is 11.3 Å². The summed E-state index contributed by atoms with van der Waals surface area (Å²) in [6.07, 6.45) is -0.00896. The van der Waals surface area contributed by atoms with Gasteiger partial charge >= 0.3 is 10.2 Å². The van der Waals surface area contributed by atoms with E-state index in [4.69, 9.17) is 5.26 Å². The van der Waals surface area contributed by atoms with Crippen molar-refractivity contribution in [2.75, 3.05) is 17.2 Å². The van der Waals surface area contributed by atoms with E-state index in [2.05, 4.69) is 0 Å². The molecule has 1 saturated heterocycles. The summed E-state index contributed by atoms with van der Waals surface area (Å²) in [6, 6.07) is 2.03. The quantitative estimate of drug-likeness (QED) is 0.794. The Balaban J connectivity index is 2.23. The first-order valence-electron chi connectivity index (χ1n) is 5.52. The molecule has 1 atom stereocenters. The zero-order valence-corrected chi connectivity index (χ0v) is 11.7. The summed E-state index contributed by atoms with van der Waals surface area (Å²) in [6.45, 7) is 1.90. The van der Waals surface area contributed by atoms with Crippen LogP contribution in [0.4, 0.5) is 8.89 Å². The van der Waals surface area contributed by atoms with Crippen LogP contribution < -0.4 is 4.90 Å². The minimum absolute atomic E-state index is 0.00896. The number of thiophene rings is 1. The second kappa shape index (κ2) is 4.90. The molecule has 1 aromatic rings. The van der Waals surface area contributed by atoms with Gasteiger partial charge in [-0.3, -0.25) is 4.79 Å². The number of amides is 1. The normalized spacial score (nSPS) is 19.7. The van der Waals surface area contributed by atoms with Gasteiger partial charge < -0.3 is 4.90 Å². The van der Waals surface area contributed by atoms with E-state index < -0.39 is 21.9 Å². The van der Waals surface area contributed by atoms with Crippen LogP contribution in [-0.2, 0) is 15.0 Å². The van der Waals surface area contributed by atoms with Gasteiger partial charge in [-0.1, -0.05) is 0 Å². The molecule has 0 radical (unpaired) electrons. The molecular weight excluding hydrogens is 291 g/mol. The highest BCUT2D eigenvalue weighted by Gasteiger charge is 2.35. The van der Waals surface area contributed by atoms with Crippen molar-refractivity contribution in [1.29, 1.82) is 5.26 Å². The number of rotatable bonds is 3. The third-order valence-electron chi connectivity index (χ3n) is 2.95. The number of hydrogen-bond donors (Lipinski definition) is 0. The second-order valence-corrected chi connectivity index (χ2v) is 6.76. The largest absolute Gasteiger partial charge is 0.302 e. The van der Waals surface area contributed by atoms with Crippen molar-refractivity contribution in [3.05, 3.63) is 16.5 Å². The summed E-state index contributed by atoms with van der Waals surface area (Å²) in [7, 11) is -4.59. The van der Waals surface area contributed by atoms with Crippen LogP contribution in [-0.4, -0.2) is 26.6 Å². The highest BCUT2D eigenvalue weighted by atomic mass is 32.3. The first-order chi connectivity index (χ1) is 8.81. The van der Waals surface area contributed by atoms with Gasteiger partial charge in [0.05, 0.1) is 11.3 Å². The van der Waals surface area contributed by atoms with Crippen molar-refractivity contribution < 1.29 is 17.1 Å². The average Bonchev–Trinajstić information content (AvgIpc) is 2.79. The molecule has 1 aliphatic heterocycles. The van der Waals surface area contributed by atoms with E-state index >= 15 is 0 Å². The highest BCUT2D eigenvalue weighted by Crippen LogP contribution is 2.35. The minimum atomic E-state index is -4.59. The fourth-order valence-electron chi connectivity index (χ4n) is 2.14. The Kier molecular flexibility index (Phi) is 3.60. The maximum absolute atomic E-state index is 12.6. The van der Waals surface area contributed by atoms with Crippen LogP contribution in [0.1, 0.15) is 17.5 Å². The average molecular weight is 302 g/mol. The molecular formula is C11H11FN2O3S2. The molecule has 2 rings (SSSR count). The molecule has 5 nitrogen and oxygen atoms in total. The molecule has 0 N–H and O–H groups in total. The first-order valence-corrected chi connectivity index (χ1v) is 7.96. The van der Waals surface area contributed by atoms with Gasteiger partial charge in [0.25, 0.3) is 0 Å². The molecule has 0 spiro atoms. The monoisotopic (exact) mass is 302 g/mol. The van der Waals surface area contributed by atoms with Crippen molar-refractivity contribution in [1.82, 2.24) is 0 Å². The fourth-order valence-corrected chi connectivity index (χ4v) is 3.96. The van der Waals surface area contributed by atoms with E-state index in [1.165, 1.54) is 16.2 Å². The zero-order valence-electron chi connectivity index (χ0n) is 10.1. The summed E-state index contributed by atoms with van der Waals surface area (Å²) >= 11 is 1.26. The lowest BCUT2D eigenvalue weighted by atomic mass is 10.1. The number of nitrogens with zero attached hydrogens (tertiary/aromatic N) is 2. The fraction of sp³-hybridized carbons (Fsp3) is 0.455. The number of aryl methyl sites for hydroxylation is 1. The Morgan fingerprint density at radius 1 is 1.63 bits per heavy atom. The Labute approximate surface area is 114 Å². The molecule has 1 fully saturated rings. The summed E-state index contributed by atoms with van der Waals surface area (Å²) in [4.78, 5) is 13.2. The van der Waals surface area contributed by atoms with Crippen LogP contribution in [0.5, 0.6) is 0 Å². The van der Waals surface area contributed by atoms with Crippen molar-refractivity contribution in [3.63, 3.8) is 0 Å². The third-order valence-corrected chi connectivity index (χ3v) is 4.94. The summed E-state index contributed by atoms with van der Waals surface area (Å²) in [5, 5.41) is 11.3. The van der Waals surface area contributed by atoms with Gasteiger partial charge in [0.2, 0.25) is 5.91 Å². The Bertz CT molecular complexity index is 660. The predicted molar refractivity (Wildman–Crippen MR) is 69.1 cm³/mol. The van der Waals surface area contributed by atoms with E-state index in [0.717, 1.165) is 5.56 Å². The van der Waals surface area contributed by atoms with Crippen LogP contribution in [0.25, 0.3) is 0 Å². The number of hydrogen-bond acceptors (Lipinski definition) is 5. The Morgan fingerprint density at radius 2 is 2.32 bits per heavy atom. The molecule has 1 aliphatic rings. The van der Waals surface area contributed by atoms with Crippen LogP contribution in [0.3, 0.4) is 0 Å². The van der Waals surface area contributed by atoms with Crippen molar-refractivity contribution in [2.45, 2.75) is 13.3 Å². The van der Waals surface area contributed by atoms with Gasteiger partial charge in [-0.15, -0.1) is 15.2 Å². The standard InChI is InChI=1S/C11H11FN2O3S2/c1-7-5-18-11(9(7)3-13)14-4-8(2-10(14)15)6-19(12,16)17/h5,8H,2,4,6H2,1H3. The molecule has 19 heavy (non-hydrogen) atoms. The SMILES string of the molecule is Cc1csc(N2CC(CS(=O)(=O)F)CC2=O)c1C#N. The molecule has 1 unspecified atom stereocenters. The maximum Gasteiger partial charge on any atom is 0.302 e. The molecule has 1 aromatic heterocycles. The smallest absolute Gasteiger partial charge is 0.302 e. The van der Waals surface area contributed by atoms with Gasteiger partial charge in [0.1, 0.15) is 11.1 Å². The van der Waals surface area contributed by atoms with Crippen molar-refractivity contribution in [3.8, 4) is 6.07 Å². The summed E-state index contributed by atoms with van der Waals surface area (Å²) < 4.78 is 33.9. The van der Waals surface area contributed by atoms with Gasteiger partial charge in [0, 0.05) is 18.9 Å². The summed E-state index contributed by atoms with van der Waals surface area (Å²) in [5.41, 5.74) is 1.19. The van der Waals surface area contributed by atoms with E-state index in [0.29, 0.717) is 10.6 Å². The number of anilines is 1. The number of carbonyl (C=O) groups excluding carboxylic acids is 1. The highest BCUT2D eigenvalue weighted by molar-refractivity contribution is 7.86. The van der Waals surface area contributed by atoms with E-state index in [-0.39, 0.29) is 18.9 Å². The Hall–Kier alpha value is -1.46. The Morgan fingerprint density at radius 3 is 2.89 bits per heavy atom. The predicted octanol–water partition coefficient (Wildman–Crippen LogP) is 1.58. The topological polar surface area (TPSA) is 78.2 Å². The van der Waals surface area contributed by atoms with Gasteiger partial charge in [-0.2, -0.15) is 13.7 Å². The van der Waals surface area contributed by atoms with E-state index in [1.54, 1.807) is 12.3 Å². The third kappa shape index (κ3) is 2.93. The van der Waals surface area contributed by atoms with Crippen LogP contribution in [0.2, 0.25) is 0 Å². The number of halogens is 1. The van der Waals surface area contributed by atoms with Gasteiger partial charge in [-0.25, -0.2) is 0 Å². The molecule has 0 bridgehead atoms. The maximum atomic E-state index is 12.6. The van der Waals surface area contributed by atoms with E-state index in [9.17, 15) is 17.1 Å². The lowest BCUT2D eigenvalue weighted by Crippen LogP contribution is -2.25. The van der Waals surface area contributed by atoms with E-state index in [1.807, 2.05) is 6.07 Å². The lowest BCUT2D eigenvalue weighted by molar-refractivity contribution is -0.117. The molecule has 0 aliphatic carbocycles. The zero-order chi connectivity index (χ0) is 14.2. The van der Waals surface area contributed by atoms with Gasteiger partial charge in [0.15, 0.2) is 0 Å². The number of nitriles is 1. The van der Waals surface area contributed by atoms with Crippen LogP contribution in [0, 0.1) is 24.2 Å². The summed E-state index contributed by atoms with van der Waals surface area (Å²) in [5.74, 6) is -1.48. The lowest BCUT2D eigenvalue weighted by Gasteiger charge is -2.14. The molecule has 0 saturated carbocycles. The molecule has 1 amide bonds. The van der Waals surface area contributed by atoms with Gasteiger partial charge in [-0.05, 0) is 17.9 Å². The second-order valence-electron chi connectivity index (χ2n) is 4.49. The van der Waals surface area contributed by atoms with Crippen molar-refractivity contribution >= 4 is 32.5 Å². The first kappa shape index (κ1) is 14.0. The minimum Gasteiger partial charge on any atom is -0.302 e. The molecule has 102 valence electrons. The molecule has 8 heteroatoms. The van der Waals surface area contributed by atoms with Crippen LogP contribution in [0.15, 0.2) is 5.38 Å². The number of carbonyl (C=O) groups is 1. The molecule has 0 aromatic carbocycles.